The van der Waals surface area contributed by atoms with Gasteiger partial charge in [0.05, 0.1) is 18.8 Å². The SMILES string of the molecule is CC(=O)N1CCC[C@H](C)[C@@H]1COC1CCC(C(C)C)CC1. The summed E-state index contributed by atoms with van der Waals surface area (Å²) in [5, 5.41) is 0. The van der Waals surface area contributed by atoms with Crippen LogP contribution in [0.1, 0.15) is 66.2 Å². The number of nitrogens with zero attached hydrogens (tertiary/aromatic N) is 1. The smallest absolute Gasteiger partial charge is 0.219 e. The number of carbonyl (C=O) groups is 1. The lowest BCUT2D eigenvalue weighted by Crippen LogP contribution is -2.49. The molecule has 0 aromatic heterocycles. The van der Waals surface area contributed by atoms with Crippen LogP contribution in [0.15, 0.2) is 0 Å². The first-order chi connectivity index (χ1) is 9.99. The van der Waals surface area contributed by atoms with Crippen molar-refractivity contribution in [3.8, 4) is 0 Å². The zero-order valence-electron chi connectivity index (χ0n) is 14.3. The number of hydrogen-bond acceptors (Lipinski definition) is 2. The minimum absolute atomic E-state index is 0.207. The average Bonchev–Trinajstić information content (AvgIpc) is 2.46. The number of ether oxygens (including phenoxy) is 1. The highest BCUT2D eigenvalue weighted by atomic mass is 16.5. The van der Waals surface area contributed by atoms with E-state index in [-0.39, 0.29) is 5.91 Å². The van der Waals surface area contributed by atoms with E-state index in [2.05, 4.69) is 20.8 Å². The third kappa shape index (κ3) is 4.45. The number of piperidine rings is 1. The molecule has 1 saturated carbocycles. The van der Waals surface area contributed by atoms with Gasteiger partial charge in [-0.2, -0.15) is 0 Å². The standard InChI is InChI=1S/C18H33NO2/c1-13(2)16-7-9-17(10-8-16)21-12-18-14(3)6-5-11-19(18)15(4)20/h13-14,16-18H,5-12H2,1-4H3/t14-,16?,17?,18-/m0/s1. The minimum atomic E-state index is 0.207. The van der Waals surface area contributed by atoms with Crippen LogP contribution in [0.2, 0.25) is 0 Å². The van der Waals surface area contributed by atoms with E-state index in [1.54, 1.807) is 6.92 Å². The highest BCUT2D eigenvalue weighted by Crippen LogP contribution is 2.32. The van der Waals surface area contributed by atoms with Gasteiger partial charge in [0.2, 0.25) is 5.91 Å². The molecule has 1 aliphatic carbocycles. The topological polar surface area (TPSA) is 29.5 Å². The van der Waals surface area contributed by atoms with Crippen molar-refractivity contribution >= 4 is 5.91 Å². The van der Waals surface area contributed by atoms with E-state index in [4.69, 9.17) is 4.74 Å². The molecule has 0 unspecified atom stereocenters. The van der Waals surface area contributed by atoms with Crippen molar-refractivity contribution in [2.45, 2.75) is 78.4 Å². The lowest BCUT2D eigenvalue weighted by atomic mass is 9.80. The molecule has 1 heterocycles. The maximum Gasteiger partial charge on any atom is 0.219 e. The van der Waals surface area contributed by atoms with E-state index in [1.807, 2.05) is 4.90 Å². The van der Waals surface area contributed by atoms with Crippen LogP contribution in [0.25, 0.3) is 0 Å². The minimum Gasteiger partial charge on any atom is -0.376 e. The fourth-order valence-corrected chi connectivity index (χ4v) is 4.05. The molecule has 2 atom stereocenters. The molecule has 2 rings (SSSR count). The molecular formula is C18H33NO2. The van der Waals surface area contributed by atoms with Gasteiger partial charge in [-0.15, -0.1) is 0 Å². The first-order valence-electron chi connectivity index (χ1n) is 8.87. The molecule has 21 heavy (non-hydrogen) atoms. The van der Waals surface area contributed by atoms with Crippen molar-refractivity contribution in [2.75, 3.05) is 13.2 Å². The van der Waals surface area contributed by atoms with Crippen molar-refractivity contribution in [3.05, 3.63) is 0 Å². The van der Waals surface area contributed by atoms with Crippen LogP contribution in [0.5, 0.6) is 0 Å². The molecule has 1 saturated heterocycles. The number of amides is 1. The summed E-state index contributed by atoms with van der Waals surface area (Å²) in [5.41, 5.74) is 0. The van der Waals surface area contributed by atoms with Gasteiger partial charge in [-0.25, -0.2) is 0 Å². The summed E-state index contributed by atoms with van der Waals surface area (Å²) in [5.74, 6) is 2.46. The van der Waals surface area contributed by atoms with Gasteiger partial charge in [0.25, 0.3) is 0 Å². The summed E-state index contributed by atoms with van der Waals surface area (Å²) in [7, 11) is 0. The zero-order chi connectivity index (χ0) is 15.4. The largest absolute Gasteiger partial charge is 0.376 e. The van der Waals surface area contributed by atoms with E-state index in [0.29, 0.717) is 18.1 Å². The molecular weight excluding hydrogens is 262 g/mol. The van der Waals surface area contributed by atoms with Crippen LogP contribution in [-0.4, -0.2) is 36.1 Å². The fourth-order valence-electron chi connectivity index (χ4n) is 4.05. The number of likely N-dealkylation sites (tertiary alicyclic amines) is 1. The second-order valence-electron chi connectivity index (χ2n) is 7.51. The molecule has 3 heteroatoms. The summed E-state index contributed by atoms with van der Waals surface area (Å²) >= 11 is 0. The molecule has 122 valence electrons. The highest BCUT2D eigenvalue weighted by molar-refractivity contribution is 5.73. The van der Waals surface area contributed by atoms with E-state index < -0.39 is 0 Å². The summed E-state index contributed by atoms with van der Waals surface area (Å²) in [6.07, 6.45) is 7.78. The monoisotopic (exact) mass is 295 g/mol. The normalized spacial score (nSPS) is 34.2. The van der Waals surface area contributed by atoms with Crippen molar-refractivity contribution in [1.82, 2.24) is 4.90 Å². The van der Waals surface area contributed by atoms with Crippen LogP contribution in [0, 0.1) is 17.8 Å². The van der Waals surface area contributed by atoms with Gasteiger partial charge in [-0.1, -0.05) is 20.8 Å². The average molecular weight is 295 g/mol. The quantitative estimate of drug-likeness (QED) is 0.788. The van der Waals surface area contributed by atoms with Crippen LogP contribution in [0.4, 0.5) is 0 Å². The zero-order valence-corrected chi connectivity index (χ0v) is 14.3. The molecule has 0 aromatic rings. The molecule has 0 bridgehead atoms. The first-order valence-corrected chi connectivity index (χ1v) is 8.87. The maximum absolute atomic E-state index is 11.8. The Balaban J connectivity index is 1.80. The Labute approximate surface area is 130 Å². The Kier molecular flexibility index (Phi) is 6.09. The predicted octanol–water partition coefficient (Wildman–Crippen LogP) is 3.86. The van der Waals surface area contributed by atoms with Gasteiger partial charge in [0, 0.05) is 13.5 Å². The molecule has 2 fully saturated rings. The molecule has 1 amide bonds. The van der Waals surface area contributed by atoms with Crippen LogP contribution in [0.3, 0.4) is 0 Å². The number of rotatable bonds is 4. The summed E-state index contributed by atoms with van der Waals surface area (Å²) in [6, 6.07) is 0.291. The third-order valence-electron chi connectivity index (χ3n) is 5.68. The van der Waals surface area contributed by atoms with E-state index in [0.717, 1.165) is 31.4 Å². The second kappa shape index (κ2) is 7.62. The van der Waals surface area contributed by atoms with Crippen LogP contribution in [-0.2, 0) is 9.53 Å². The van der Waals surface area contributed by atoms with Crippen molar-refractivity contribution in [1.29, 1.82) is 0 Å². The summed E-state index contributed by atoms with van der Waals surface area (Å²) < 4.78 is 6.21. The van der Waals surface area contributed by atoms with Gasteiger partial charge in [0.1, 0.15) is 0 Å². The maximum atomic E-state index is 11.8. The molecule has 2 aliphatic rings. The molecule has 0 aromatic carbocycles. The van der Waals surface area contributed by atoms with Gasteiger partial charge < -0.3 is 9.64 Å². The van der Waals surface area contributed by atoms with Gasteiger partial charge in [-0.3, -0.25) is 4.79 Å². The predicted molar refractivity (Wildman–Crippen MR) is 86.1 cm³/mol. The van der Waals surface area contributed by atoms with Gasteiger partial charge in [-0.05, 0) is 56.3 Å². The Morgan fingerprint density at radius 3 is 2.43 bits per heavy atom. The van der Waals surface area contributed by atoms with Gasteiger partial charge in [0.15, 0.2) is 0 Å². The third-order valence-corrected chi connectivity index (χ3v) is 5.68. The Bertz CT molecular complexity index is 334. The first kappa shape index (κ1) is 16.8. The highest BCUT2D eigenvalue weighted by Gasteiger charge is 2.32. The lowest BCUT2D eigenvalue weighted by Gasteiger charge is -2.40. The second-order valence-corrected chi connectivity index (χ2v) is 7.51. The van der Waals surface area contributed by atoms with E-state index >= 15 is 0 Å². The summed E-state index contributed by atoms with van der Waals surface area (Å²) in [4.78, 5) is 13.8. The Morgan fingerprint density at radius 1 is 1.19 bits per heavy atom. The van der Waals surface area contributed by atoms with E-state index in [9.17, 15) is 4.79 Å². The van der Waals surface area contributed by atoms with Crippen LogP contribution >= 0.6 is 0 Å². The van der Waals surface area contributed by atoms with E-state index in [1.165, 1.54) is 32.1 Å². The Morgan fingerprint density at radius 2 is 1.86 bits per heavy atom. The Hall–Kier alpha value is -0.570. The molecule has 0 N–H and O–H groups in total. The summed E-state index contributed by atoms with van der Waals surface area (Å²) in [6.45, 7) is 10.3. The lowest BCUT2D eigenvalue weighted by molar-refractivity contribution is -0.137. The number of carbonyl (C=O) groups excluding carboxylic acids is 1. The molecule has 1 aliphatic heterocycles. The van der Waals surface area contributed by atoms with Crippen molar-refractivity contribution < 1.29 is 9.53 Å². The van der Waals surface area contributed by atoms with Gasteiger partial charge >= 0.3 is 0 Å². The molecule has 3 nitrogen and oxygen atoms in total. The van der Waals surface area contributed by atoms with Crippen molar-refractivity contribution in [3.63, 3.8) is 0 Å². The fraction of sp³-hybridized carbons (Fsp3) is 0.944. The molecule has 0 spiro atoms. The van der Waals surface area contributed by atoms with Crippen molar-refractivity contribution in [2.24, 2.45) is 17.8 Å². The van der Waals surface area contributed by atoms with Crippen LogP contribution < -0.4 is 0 Å². The number of hydrogen-bond donors (Lipinski definition) is 0. The molecule has 0 radical (unpaired) electrons.